The molecule has 0 unspecified atom stereocenters. The van der Waals surface area contributed by atoms with E-state index in [1.54, 1.807) is 36.4 Å². The quantitative estimate of drug-likeness (QED) is 0.280. The van der Waals surface area contributed by atoms with Gasteiger partial charge in [-0.25, -0.2) is 13.6 Å². The molecule has 2 rings (SSSR count). The van der Waals surface area contributed by atoms with Gasteiger partial charge < -0.3 is 20.1 Å². The lowest BCUT2D eigenvalue weighted by Gasteiger charge is -2.09. The smallest absolute Gasteiger partial charge is 0.325 e. The summed E-state index contributed by atoms with van der Waals surface area (Å²) in [6.07, 6.45) is 2.42. The van der Waals surface area contributed by atoms with Gasteiger partial charge in [-0.05, 0) is 54.8 Å². The standard InChI is InChI=1S/C23H29N3O7S/c1-2-3-14-32-19-8-6-18(7-9-19)23(29)26-15-22(28)33-16-21(27)25-13-12-17-4-10-20(11-5-17)34(24,30)31/h4-11H,2-3,12-16H2,1H3,(H,25,27)(H,26,29)(H2,24,30,31). The number of carbonyl (C=O) groups is 3. The first kappa shape index (κ1) is 26.8. The van der Waals surface area contributed by atoms with E-state index in [2.05, 4.69) is 17.6 Å². The van der Waals surface area contributed by atoms with Gasteiger partial charge in [0.2, 0.25) is 10.0 Å². The number of primary sulfonamides is 1. The minimum Gasteiger partial charge on any atom is -0.494 e. The van der Waals surface area contributed by atoms with Gasteiger partial charge in [0.25, 0.3) is 11.8 Å². The lowest BCUT2D eigenvalue weighted by atomic mass is 10.1. The molecule has 0 saturated carbocycles. The average molecular weight is 492 g/mol. The molecule has 2 aromatic rings. The second kappa shape index (κ2) is 13.3. The first-order valence-corrected chi connectivity index (χ1v) is 12.3. The number of benzene rings is 2. The number of esters is 1. The molecule has 0 atom stereocenters. The Morgan fingerprint density at radius 3 is 2.26 bits per heavy atom. The van der Waals surface area contributed by atoms with Crippen LogP contribution in [0.25, 0.3) is 0 Å². The Kier molecular flexibility index (Phi) is 10.5. The van der Waals surface area contributed by atoms with E-state index in [9.17, 15) is 22.8 Å². The summed E-state index contributed by atoms with van der Waals surface area (Å²) in [4.78, 5) is 35.8. The molecule has 184 valence electrons. The van der Waals surface area contributed by atoms with Crippen LogP contribution in [0.2, 0.25) is 0 Å². The normalized spacial score (nSPS) is 10.9. The summed E-state index contributed by atoms with van der Waals surface area (Å²) in [5.74, 6) is -1.04. The Labute approximate surface area is 198 Å². The summed E-state index contributed by atoms with van der Waals surface area (Å²) in [5.41, 5.74) is 1.17. The molecule has 2 amide bonds. The lowest BCUT2D eigenvalue weighted by molar-refractivity contribution is -0.147. The number of nitrogens with two attached hydrogens (primary N) is 1. The van der Waals surface area contributed by atoms with Crippen LogP contribution in [-0.4, -0.2) is 52.5 Å². The molecule has 4 N–H and O–H groups in total. The highest BCUT2D eigenvalue weighted by Gasteiger charge is 2.11. The summed E-state index contributed by atoms with van der Waals surface area (Å²) >= 11 is 0. The number of sulfonamides is 1. The van der Waals surface area contributed by atoms with E-state index in [0.717, 1.165) is 18.4 Å². The zero-order valence-corrected chi connectivity index (χ0v) is 19.7. The van der Waals surface area contributed by atoms with Crippen LogP contribution in [-0.2, 0) is 30.8 Å². The maximum atomic E-state index is 12.1. The largest absolute Gasteiger partial charge is 0.494 e. The summed E-state index contributed by atoms with van der Waals surface area (Å²) in [7, 11) is -3.75. The topological polar surface area (TPSA) is 154 Å². The van der Waals surface area contributed by atoms with Crippen molar-refractivity contribution < 1.29 is 32.3 Å². The van der Waals surface area contributed by atoms with Crippen LogP contribution in [0.15, 0.2) is 53.4 Å². The lowest BCUT2D eigenvalue weighted by Crippen LogP contribution is -2.34. The Morgan fingerprint density at radius 2 is 1.65 bits per heavy atom. The number of nitrogens with one attached hydrogen (secondary N) is 2. The molecule has 11 heteroatoms. The van der Waals surface area contributed by atoms with Crippen molar-refractivity contribution in [3.63, 3.8) is 0 Å². The summed E-state index contributed by atoms with van der Waals surface area (Å²) < 4.78 is 32.9. The van der Waals surface area contributed by atoms with Crippen LogP contribution in [0.1, 0.15) is 35.7 Å². The molecule has 0 fully saturated rings. The molecule has 0 aliphatic heterocycles. The molecule has 10 nitrogen and oxygen atoms in total. The Bertz CT molecular complexity index is 1070. The molecular formula is C23H29N3O7S. The predicted molar refractivity (Wildman–Crippen MR) is 125 cm³/mol. The molecule has 0 saturated heterocycles. The fourth-order valence-corrected chi connectivity index (χ4v) is 3.25. The first-order valence-electron chi connectivity index (χ1n) is 10.7. The Hall–Kier alpha value is -3.44. The minimum atomic E-state index is -3.75. The summed E-state index contributed by atoms with van der Waals surface area (Å²) in [6.45, 7) is 2.08. The van der Waals surface area contributed by atoms with E-state index >= 15 is 0 Å². The van der Waals surface area contributed by atoms with Crippen molar-refractivity contribution in [3.8, 4) is 5.75 Å². The highest BCUT2D eigenvalue weighted by atomic mass is 32.2. The molecule has 0 aliphatic rings. The molecule has 0 bridgehead atoms. The number of carbonyl (C=O) groups excluding carboxylic acids is 3. The van der Waals surface area contributed by atoms with Gasteiger partial charge in [0.1, 0.15) is 12.3 Å². The van der Waals surface area contributed by atoms with Crippen LogP contribution in [0.3, 0.4) is 0 Å². The van der Waals surface area contributed by atoms with Crippen LogP contribution in [0.4, 0.5) is 0 Å². The zero-order valence-electron chi connectivity index (χ0n) is 18.9. The number of unbranched alkanes of at least 4 members (excludes halogenated alkanes) is 1. The van der Waals surface area contributed by atoms with Gasteiger partial charge in [0.15, 0.2) is 6.61 Å². The molecule has 0 heterocycles. The van der Waals surface area contributed by atoms with E-state index in [1.165, 1.54) is 12.1 Å². The van der Waals surface area contributed by atoms with Crippen molar-refractivity contribution in [3.05, 3.63) is 59.7 Å². The Balaban J connectivity index is 1.63. The highest BCUT2D eigenvalue weighted by molar-refractivity contribution is 7.89. The predicted octanol–water partition coefficient (Wildman–Crippen LogP) is 1.14. The van der Waals surface area contributed by atoms with Crippen molar-refractivity contribution in [2.45, 2.75) is 31.1 Å². The van der Waals surface area contributed by atoms with Crippen molar-refractivity contribution in [2.75, 3.05) is 26.3 Å². The summed E-state index contributed by atoms with van der Waals surface area (Å²) in [5, 5.41) is 10.1. The Morgan fingerprint density at radius 1 is 0.971 bits per heavy atom. The maximum Gasteiger partial charge on any atom is 0.325 e. The van der Waals surface area contributed by atoms with Gasteiger partial charge in [0, 0.05) is 12.1 Å². The van der Waals surface area contributed by atoms with Crippen LogP contribution < -0.4 is 20.5 Å². The first-order chi connectivity index (χ1) is 16.2. The zero-order chi connectivity index (χ0) is 25.0. The van der Waals surface area contributed by atoms with E-state index in [0.29, 0.717) is 24.3 Å². The van der Waals surface area contributed by atoms with Crippen LogP contribution in [0.5, 0.6) is 5.75 Å². The molecule has 2 aromatic carbocycles. The van der Waals surface area contributed by atoms with E-state index < -0.39 is 34.4 Å². The fraction of sp³-hybridized carbons (Fsp3) is 0.348. The number of rotatable bonds is 13. The third-order valence-electron chi connectivity index (χ3n) is 4.63. The van der Waals surface area contributed by atoms with Crippen molar-refractivity contribution in [1.29, 1.82) is 0 Å². The summed E-state index contributed by atoms with van der Waals surface area (Å²) in [6, 6.07) is 12.5. The van der Waals surface area contributed by atoms with E-state index in [1.807, 2.05) is 0 Å². The third kappa shape index (κ3) is 9.59. The van der Waals surface area contributed by atoms with E-state index in [4.69, 9.17) is 14.6 Å². The van der Waals surface area contributed by atoms with Crippen LogP contribution in [0, 0.1) is 0 Å². The van der Waals surface area contributed by atoms with Gasteiger partial charge in [-0.2, -0.15) is 0 Å². The molecule has 0 aromatic heterocycles. The third-order valence-corrected chi connectivity index (χ3v) is 5.56. The van der Waals surface area contributed by atoms with Gasteiger partial charge in [-0.15, -0.1) is 0 Å². The van der Waals surface area contributed by atoms with E-state index in [-0.39, 0.29) is 18.0 Å². The highest BCUT2D eigenvalue weighted by Crippen LogP contribution is 2.13. The minimum absolute atomic E-state index is 0.00716. The van der Waals surface area contributed by atoms with Gasteiger partial charge >= 0.3 is 5.97 Å². The van der Waals surface area contributed by atoms with Crippen LogP contribution >= 0.6 is 0 Å². The van der Waals surface area contributed by atoms with Gasteiger partial charge in [-0.1, -0.05) is 25.5 Å². The van der Waals surface area contributed by atoms with Crippen molar-refractivity contribution in [1.82, 2.24) is 10.6 Å². The number of hydrogen-bond donors (Lipinski definition) is 3. The molecule has 34 heavy (non-hydrogen) atoms. The van der Waals surface area contributed by atoms with Gasteiger partial charge in [-0.3, -0.25) is 14.4 Å². The van der Waals surface area contributed by atoms with Crippen molar-refractivity contribution >= 4 is 27.8 Å². The SMILES string of the molecule is CCCCOc1ccc(C(=O)NCC(=O)OCC(=O)NCCc2ccc(S(N)(=O)=O)cc2)cc1. The second-order valence-corrected chi connectivity index (χ2v) is 8.92. The second-order valence-electron chi connectivity index (χ2n) is 7.36. The molecular weight excluding hydrogens is 462 g/mol. The van der Waals surface area contributed by atoms with Crippen molar-refractivity contribution in [2.24, 2.45) is 5.14 Å². The molecule has 0 radical (unpaired) electrons. The maximum absolute atomic E-state index is 12.1. The monoisotopic (exact) mass is 491 g/mol. The van der Waals surface area contributed by atoms with Gasteiger partial charge in [0.05, 0.1) is 11.5 Å². The number of hydrogen-bond acceptors (Lipinski definition) is 7. The molecule has 0 aliphatic carbocycles. The molecule has 0 spiro atoms. The average Bonchev–Trinajstić information content (AvgIpc) is 2.81. The fourth-order valence-electron chi connectivity index (χ4n) is 2.73. The number of ether oxygens (including phenoxy) is 2. The number of amides is 2.